The standard InChI is InChI=1S/C25H26N4O8/c30-24(31)22(11-12-26-21-10-9-15(28(33)34)13-23(21)29(35)36)27-25(32)37-14-20-18-7-3-1-5-16(18)17-6-2-4-8-19(17)20/h1-10,13,20,22,26,28-29,33,35H,11-12,14H2,(H,27,32)(H,30,31). The summed E-state index contributed by atoms with van der Waals surface area (Å²) in [4.78, 5) is 24.2. The van der Waals surface area contributed by atoms with Crippen molar-refractivity contribution in [2.75, 3.05) is 18.5 Å². The normalized spacial score (nSPS) is 14.7. The van der Waals surface area contributed by atoms with E-state index in [0.717, 1.165) is 28.3 Å². The van der Waals surface area contributed by atoms with E-state index in [1.807, 2.05) is 48.5 Å². The van der Waals surface area contributed by atoms with E-state index >= 15 is 0 Å². The van der Waals surface area contributed by atoms with Gasteiger partial charge in [-0.05, 0) is 34.7 Å². The van der Waals surface area contributed by atoms with Crippen LogP contribution in [0.2, 0.25) is 0 Å². The second-order valence-corrected chi connectivity index (χ2v) is 8.45. The molecule has 0 bridgehead atoms. The van der Waals surface area contributed by atoms with Crippen LogP contribution in [0.3, 0.4) is 0 Å². The lowest BCUT2D eigenvalue weighted by atomic mass is 9.98. The lowest BCUT2D eigenvalue weighted by Gasteiger charge is -2.20. The number of hydrogen-bond acceptors (Lipinski definition) is 8. The molecule has 12 heteroatoms. The number of carbonyl (C=O) groups is 2. The van der Waals surface area contributed by atoms with Gasteiger partial charge in [0, 0.05) is 18.5 Å². The second kappa shape index (κ2) is 11.3. The predicted octanol–water partition coefficient (Wildman–Crippen LogP) is 1.29. The molecule has 194 valence electrons. The van der Waals surface area contributed by atoms with Crippen LogP contribution in [0, 0.1) is 10.4 Å². The smallest absolute Gasteiger partial charge is 0.407 e. The SMILES string of the molecule is O=C(NC(CCNc1ccc([NH+]([O-])O)cc1[NH+]([O-])O)C(=O)O)OCC1c2ccccc2-c2ccccc21. The van der Waals surface area contributed by atoms with Crippen molar-refractivity contribution < 1.29 is 40.3 Å². The van der Waals surface area contributed by atoms with E-state index in [9.17, 15) is 30.3 Å². The number of benzene rings is 3. The van der Waals surface area contributed by atoms with Crippen LogP contribution in [-0.2, 0) is 9.53 Å². The molecule has 0 radical (unpaired) electrons. The van der Waals surface area contributed by atoms with Crippen molar-refractivity contribution in [2.24, 2.45) is 0 Å². The van der Waals surface area contributed by atoms with Crippen LogP contribution in [0.15, 0.2) is 66.7 Å². The fourth-order valence-corrected chi connectivity index (χ4v) is 4.40. The largest absolute Gasteiger partial charge is 0.595 e. The predicted molar refractivity (Wildman–Crippen MR) is 131 cm³/mol. The average Bonchev–Trinajstić information content (AvgIpc) is 3.20. The third-order valence-corrected chi connectivity index (χ3v) is 6.18. The van der Waals surface area contributed by atoms with Gasteiger partial charge in [0.15, 0.2) is 11.4 Å². The first-order valence-electron chi connectivity index (χ1n) is 11.4. The second-order valence-electron chi connectivity index (χ2n) is 8.45. The molecule has 0 fully saturated rings. The Bertz CT molecular complexity index is 1240. The van der Waals surface area contributed by atoms with Gasteiger partial charge < -0.3 is 30.9 Å². The summed E-state index contributed by atoms with van der Waals surface area (Å²) < 4.78 is 5.40. The molecule has 1 aliphatic rings. The van der Waals surface area contributed by atoms with Gasteiger partial charge in [0.25, 0.3) is 0 Å². The minimum atomic E-state index is -1.34. The van der Waals surface area contributed by atoms with E-state index in [4.69, 9.17) is 9.94 Å². The maximum atomic E-state index is 12.5. The quantitative estimate of drug-likeness (QED) is 0.198. The lowest BCUT2D eigenvalue weighted by Crippen LogP contribution is -3.00. The molecule has 1 aliphatic carbocycles. The van der Waals surface area contributed by atoms with Crippen molar-refractivity contribution in [3.8, 4) is 11.1 Å². The van der Waals surface area contributed by atoms with Gasteiger partial charge >= 0.3 is 12.1 Å². The number of carboxylic acids is 1. The van der Waals surface area contributed by atoms with E-state index in [-0.39, 0.29) is 42.6 Å². The third kappa shape index (κ3) is 5.86. The fraction of sp³-hybridized carbons (Fsp3) is 0.200. The topological polar surface area (TPSA) is 183 Å². The summed E-state index contributed by atoms with van der Waals surface area (Å²) in [5, 5.41) is 53.1. The Hall–Kier alpha value is -4.04. The van der Waals surface area contributed by atoms with Crippen molar-refractivity contribution in [3.05, 3.63) is 88.3 Å². The van der Waals surface area contributed by atoms with E-state index in [1.165, 1.54) is 12.1 Å². The van der Waals surface area contributed by atoms with Crippen LogP contribution >= 0.6 is 0 Å². The number of rotatable bonds is 10. The molecule has 0 aromatic heterocycles. The van der Waals surface area contributed by atoms with Gasteiger partial charge in [-0.15, -0.1) is 0 Å². The third-order valence-electron chi connectivity index (χ3n) is 6.18. The Morgan fingerprint density at radius 2 is 1.57 bits per heavy atom. The minimum absolute atomic E-state index is 0.00663. The number of hydrogen-bond donors (Lipinski definition) is 7. The molecule has 37 heavy (non-hydrogen) atoms. The van der Waals surface area contributed by atoms with E-state index in [0.29, 0.717) is 0 Å². The molecule has 12 nitrogen and oxygen atoms in total. The van der Waals surface area contributed by atoms with Gasteiger partial charge in [0.05, 0.1) is 11.8 Å². The lowest BCUT2D eigenvalue weighted by molar-refractivity contribution is -0.996. The van der Waals surface area contributed by atoms with Crippen LogP contribution in [0.25, 0.3) is 11.1 Å². The number of anilines is 1. The van der Waals surface area contributed by atoms with Crippen molar-refractivity contribution in [3.63, 3.8) is 0 Å². The minimum Gasteiger partial charge on any atom is -0.595 e. The monoisotopic (exact) mass is 510 g/mol. The Balaban J connectivity index is 1.35. The zero-order valence-corrected chi connectivity index (χ0v) is 19.5. The number of ether oxygens (including phenoxy) is 1. The van der Waals surface area contributed by atoms with Gasteiger partial charge in [-0.3, -0.25) is 0 Å². The van der Waals surface area contributed by atoms with Gasteiger partial charge in [0.1, 0.15) is 12.6 Å². The molecule has 3 atom stereocenters. The van der Waals surface area contributed by atoms with Crippen LogP contribution in [0.1, 0.15) is 23.5 Å². The highest BCUT2D eigenvalue weighted by Gasteiger charge is 2.29. The Kier molecular flexibility index (Phi) is 7.98. The highest BCUT2D eigenvalue weighted by molar-refractivity contribution is 5.81. The fourth-order valence-electron chi connectivity index (χ4n) is 4.40. The molecule has 0 spiro atoms. The molecule has 0 aliphatic heterocycles. The van der Waals surface area contributed by atoms with Crippen molar-refractivity contribution in [2.45, 2.75) is 18.4 Å². The molecule has 4 rings (SSSR count). The average molecular weight is 511 g/mol. The molecular formula is C25H26N4O8. The van der Waals surface area contributed by atoms with Crippen LogP contribution in [0.4, 0.5) is 21.9 Å². The summed E-state index contributed by atoms with van der Waals surface area (Å²) >= 11 is 0. The summed E-state index contributed by atoms with van der Waals surface area (Å²) in [7, 11) is 0. The Morgan fingerprint density at radius 1 is 0.946 bits per heavy atom. The van der Waals surface area contributed by atoms with Crippen molar-refractivity contribution in [1.82, 2.24) is 5.32 Å². The first kappa shape index (κ1) is 26.0. The molecule has 1 amide bonds. The summed E-state index contributed by atoms with van der Waals surface area (Å²) in [6, 6.07) is 17.9. The van der Waals surface area contributed by atoms with E-state index < -0.39 is 28.6 Å². The molecule has 0 saturated carbocycles. The number of aliphatic carboxylic acids is 1. The van der Waals surface area contributed by atoms with E-state index in [1.54, 1.807) is 0 Å². The Morgan fingerprint density at radius 3 is 2.14 bits per heavy atom. The molecular weight excluding hydrogens is 484 g/mol. The Labute approximate surface area is 211 Å². The first-order chi connectivity index (χ1) is 17.8. The first-order valence-corrected chi connectivity index (χ1v) is 11.4. The van der Waals surface area contributed by atoms with Gasteiger partial charge in [0.2, 0.25) is 0 Å². The highest BCUT2D eigenvalue weighted by Crippen LogP contribution is 2.44. The summed E-state index contributed by atoms with van der Waals surface area (Å²) in [5.41, 5.74) is 3.86. The number of carbonyl (C=O) groups excluding carboxylic acids is 1. The number of nitrogens with one attached hydrogen (secondary N) is 4. The molecule has 0 saturated heterocycles. The van der Waals surface area contributed by atoms with Crippen LogP contribution in [0.5, 0.6) is 0 Å². The molecule has 0 heterocycles. The maximum absolute atomic E-state index is 12.5. The number of fused-ring (bicyclic) bond motifs is 3. The van der Waals surface area contributed by atoms with Gasteiger partial charge in [-0.25, -0.2) is 20.0 Å². The maximum Gasteiger partial charge on any atom is 0.407 e. The van der Waals surface area contributed by atoms with Crippen molar-refractivity contribution >= 4 is 29.1 Å². The number of amides is 1. The van der Waals surface area contributed by atoms with Crippen LogP contribution < -0.4 is 21.1 Å². The summed E-state index contributed by atoms with van der Waals surface area (Å²) in [6.07, 6.45) is -0.967. The number of alkyl carbamates (subject to hydrolysis) is 1. The van der Waals surface area contributed by atoms with Gasteiger partial charge in [-0.1, -0.05) is 48.5 Å². The molecule has 3 unspecified atom stereocenters. The zero-order chi connectivity index (χ0) is 26.5. The van der Waals surface area contributed by atoms with Crippen molar-refractivity contribution in [1.29, 1.82) is 0 Å². The summed E-state index contributed by atoms with van der Waals surface area (Å²) in [6.45, 7) is 0.0235. The highest BCUT2D eigenvalue weighted by atomic mass is 16.8. The number of quaternary nitrogens is 2. The molecule has 3 aromatic carbocycles. The molecule has 7 N–H and O–H groups in total. The zero-order valence-electron chi connectivity index (χ0n) is 19.5. The number of carboxylic acid groups (broad SMARTS) is 1. The summed E-state index contributed by atoms with van der Waals surface area (Å²) in [5.74, 6) is -1.46. The van der Waals surface area contributed by atoms with Crippen LogP contribution in [-0.4, -0.2) is 46.8 Å². The molecule has 3 aromatic rings. The van der Waals surface area contributed by atoms with E-state index in [2.05, 4.69) is 10.6 Å². The van der Waals surface area contributed by atoms with Gasteiger partial charge in [-0.2, -0.15) is 10.5 Å².